The Bertz CT molecular complexity index is 809. The van der Waals surface area contributed by atoms with Gasteiger partial charge in [-0.05, 0) is 18.2 Å². The lowest BCUT2D eigenvalue weighted by Gasteiger charge is -2.11. The summed E-state index contributed by atoms with van der Waals surface area (Å²) >= 11 is 0. The minimum Gasteiger partial charge on any atom is -0.284 e. The number of hydrogen-bond acceptors (Lipinski definition) is 3. The van der Waals surface area contributed by atoms with Gasteiger partial charge in [-0.15, -0.1) is 0 Å². The molecule has 1 N–H and O–H groups in total. The molecule has 0 bridgehead atoms. The first kappa shape index (κ1) is 12.4. The molecule has 0 atom stereocenters. The number of halogens is 3. The van der Waals surface area contributed by atoms with Gasteiger partial charge in [-0.1, -0.05) is 0 Å². The summed E-state index contributed by atoms with van der Waals surface area (Å²) in [6.07, 6.45) is -0.189. The van der Waals surface area contributed by atoms with Crippen molar-refractivity contribution in [2.75, 3.05) is 0 Å². The number of nitrogens with one attached hydrogen (secondary N) is 1. The molecule has 0 aliphatic rings. The van der Waals surface area contributed by atoms with E-state index in [1.54, 1.807) is 16.7 Å². The summed E-state index contributed by atoms with van der Waals surface area (Å²) in [6.45, 7) is 0. The topological polar surface area (TPSA) is 59.3 Å². The maximum Gasteiger partial charge on any atom is 0.484 e. The van der Waals surface area contributed by atoms with Crippen LogP contribution in [0.25, 0.3) is 16.7 Å². The quantitative estimate of drug-likeness (QED) is 0.695. The van der Waals surface area contributed by atoms with E-state index < -0.39 is 12.2 Å². The number of imidazole rings is 1. The number of aromatic nitrogens is 3. The van der Waals surface area contributed by atoms with Crippen molar-refractivity contribution in [1.82, 2.24) is 19.7 Å². The molecule has 8 heteroatoms. The molecule has 20 heavy (non-hydrogen) atoms. The van der Waals surface area contributed by atoms with Crippen LogP contribution in [0.2, 0.25) is 0 Å². The van der Waals surface area contributed by atoms with Crippen LogP contribution in [0.3, 0.4) is 0 Å². The summed E-state index contributed by atoms with van der Waals surface area (Å²) in [6, 6.07) is 4.38. The second-order valence-corrected chi connectivity index (χ2v) is 4.04. The lowest BCUT2D eigenvalue weighted by molar-refractivity contribution is -0.146. The largest absolute Gasteiger partial charge is 0.484 e. The standard InChI is InChI=1S/C12H7F3N4O/c13-12(14,15)18-11(20)8-6-9-16-4-5-19(9)10-7(8)2-1-3-17-10/h1-6H,(H,18,20). The van der Waals surface area contributed by atoms with Gasteiger partial charge in [-0.25, -0.2) is 9.97 Å². The van der Waals surface area contributed by atoms with E-state index in [4.69, 9.17) is 0 Å². The predicted octanol–water partition coefficient (Wildman–Crippen LogP) is 2.13. The number of hydrogen-bond donors (Lipinski definition) is 1. The molecule has 3 heterocycles. The molecule has 5 nitrogen and oxygen atoms in total. The molecule has 3 rings (SSSR count). The molecule has 0 saturated carbocycles. The van der Waals surface area contributed by atoms with E-state index in [0.717, 1.165) is 5.32 Å². The fraction of sp³-hybridized carbons (Fsp3) is 0.0833. The van der Waals surface area contributed by atoms with E-state index in [0.29, 0.717) is 16.7 Å². The van der Waals surface area contributed by atoms with Crippen molar-refractivity contribution in [2.45, 2.75) is 6.30 Å². The van der Waals surface area contributed by atoms with Crippen molar-refractivity contribution in [3.63, 3.8) is 0 Å². The van der Waals surface area contributed by atoms with Crippen LogP contribution in [0, 0.1) is 0 Å². The zero-order chi connectivity index (χ0) is 14.3. The fourth-order valence-corrected chi connectivity index (χ4v) is 1.99. The average molecular weight is 280 g/mol. The van der Waals surface area contributed by atoms with Crippen molar-refractivity contribution < 1.29 is 18.0 Å². The highest BCUT2D eigenvalue weighted by molar-refractivity contribution is 6.06. The minimum absolute atomic E-state index is 0.121. The number of nitrogens with zero attached hydrogens (tertiary/aromatic N) is 3. The Morgan fingerprint density at radius 1 is 1.25 bits per heavy atom. The van der Waals surface area contributed by atoms with Gasteiger partial charge in [0.25, 0.3) is 5.91 Å². The van der Waals surface area contributed by atoms with E-state index in [9.17, 15) is 18.0 Å². The van der Waals surface area contributed by atoms with Gasteiger partial charge >= 0.3 is 6.30 Å². The summed E-state index contributed by atoms with van der Waals surface area (Å²) in [5.41, 5.74) is 0.600. The smallest absolute Gasteiger partial charge is 0.284 e. The van der Waals surface area contributed by atoms with Crippen LogP contribution in [0.1, 0.15) is 10.4 Å². The molecule has 0 spiro atoms. The molecular formula is C12H7F3N4O. The van der Waals surface area contributed by atoms with Gasteiger partial charge < -0.3 is 0 Å². The number of amides is 1. The van der Waals surface area contributed by atoms with Gasteiger partial charge in [0, 0.05) is 24.0 Å². The van der Waals surface area contributed by atoms with Crippen molar-refractivity contribution in [3.05, 3.63) is 42.4 Å². The van der Waals surface area contributed by atoms with Crippen molar-refractivity contribution >= 4 is 22.6 Å². The normalized spacial score (nSPS) is 11.9. The van der Waals surface area contributed by atoms with Crippen LogP contribution in [0.4, 0.5) is 13.2 Å². The van der Waals surface area contributed by atoms with Crippen LogP contribution < -0.4 is 5.32 Å². The summed E-state index contributed by atoms with van der Waals surface area (Å²) in [5.74, 6) is -1.24. The van der Waals surface area contributed by atoms with Crippen molar-refractivity contribution in [3.8, 4) is 0 Å². The third-order valence-electron chi connectivity index (χ3n) is 2.75. The van der Waals surface area contributed by atoms with Gasteiger partial charge in [0.05, 0.1) is 5.56 Å². The molecule has 3 aromatic heterocycles. The Morgan fingerprint density at radius 2 is 2.05 bits per heavy atom. The molecule has 0 fully saturated rings. The van der Waals surface area contributed by atoms with E-state index in [1.165, 1.54) is 24.5 Å². The van der Waals surface area contributed by atoms with Crippen molar-refractivity contribution in [1.29, 1.82) is 0 Å². The second kappa shape index (κ2) is 4.19. The lowest BCUT2D eigenvalue weighted by atomic mass is 10.1. The Hall–Kier alpha value is -2.64. The summed E-state index contributed by atoms with van der Waals surface area (Å²) in [4.78, 5) is 19.8. The number of fused-ring (bicyclic) bond motifs is 3. The molecule has 0 aromatic carbocycles. The fourth-order valence-electron chi connectivity index (χ4n) is 1.99. The summed E-state index contributed by atoms with van der Waals surface area (Å²) in [5, 5.41) is 1.30. The monoisotopic (exact) mass is 280 g/mol. The molecule has 0 saturated heterocycles. The molecule has 0 aliphatic carbocycles. The molecule has 0 unspecified atom stereocenters. The van der Waals surface area contributed by atoms with Gasteiger partial charge in [0.2, 0.25) is 0 Å². The van der Waals surface area contributed by atoms with Gasteiger partial charge in [0.1, 0.15) is 11.3 Å². The predicted molar refractivity (Wildman–Crippen MR) is 64.0 cm³/mol. The summed E-state index contributed by atoms with van der Waals surface area (Å²) in [7, 11) is 0. The number of rotatable bonds is 1. The number of pyridine rings is 2. The summed E-state index contributed by atoms with van der Waals surface area (Å²) < 4.78 is 38.4. The highest BCUT2D eigenvalue weighted by Crippen LogP contribution is 2.21. The average Bonchev–Trinajstić information content (AvgIpc) is 2.84. The van der Waals surface area contributed by atoms with Crippen LogP contribution in [0.5, 0.6) is 0 Å². The third kappa shape index (κ3) is 2.04. The van der Waals surface area contributed by atoms with Crippen LogP contribution in [-0.2, 0) is 0 Å². The SMILES string of the molecule is O=C(NC(F)(F)F)c1cc2nccn2c2ncccc12. The molecule has 0 aliphatic heterocycles. The maximum atomic E-state index is 12.3. The molecule has 102 valence electrons. The first-order chi connectivity index (χ1) is 9.46. The second-order valence-electron chi connectivity index (χ2n) is 4.04. The van der Waals surface area contributed by atoms with E-state index in [2.05, 4.69) is 9.97 Å². The maximum absolute atomic E-state index is 12.3. The molecular weight excluding hydrogens is 273 g/mol. The number of carbonyl (C=O) groups excluding carboxylic acids is 1. The Kier molecular flexibility index (Phi) is 2.60. The zero-order valence-corrected chi connectivity index (χ0v) is 9.85. The first-order valence-electron chi connectivity index (χ1n) is 5.56. The number of alkyl halides is 3. The number of carbonyl (C=O) groups is 1. The Morgan fingerprint density at radius 3 is 2.80 bits per heavy atom. The lowest BCUT2D eigenvalue weighted by Crippen LogP contribution is -2.37. The first-order valence-corrected chi connectivity index (χ1v) is 5.56. The minimum atomic E-state index is -4.78. The van der Waals surface area contributed by atoms with Crippen LogP contribution >= 0.6 is 0 Å². The van der Waals surface area contributed by atoms with Gasteiger partial charge in [0.15, 0.2) is 0 Å². The molecule has 3 aromatic rings. The van der Waals surface area contributed by atoms with Crippen molar-refractivity contribution in [2.24, 2.45) is 0 Å². The highest BCUT2D eigenvalue weighted by atomic mass is 19.4. The Balaban J connectivity index is 2.25. The van der Waals surface area contributed by atoms with E-state index in [-0.39, 0.29) is 5.56 Å². The molecule has 1 amide bonds. The van der Waals surface area contributed by atoms with E-state index in [1.807, 2.05) is 0 Å². The van der Waals surface area contributed by atoms with Gasteiger partial charge in [-0.3, -0.25) is 14.5 Å². The Labute approximate surface area is 110 Å². The van der Waals surface area contributed by atoms with Gasteiger partial charge in [-0.2, -0.15) is 13.2 Å². The van der Waals surface area contributed by atoms with Crippen LogP contribution in [-0.4, -0.2) is 26.6 Å². The zero-order valence-electron chi connectivity index (χ0n) is 9.85. The highest BCUT2D eigenvalue weighted by Gasteiger charge is 2.31. The molecule has 0 radical (unpaired) electrons. The third-order valence-corrected chi connectivity index (χ3v) is 2.75. The van der Waals surface area contributed by atoms with E-state index >= 15 is 0 Å². The van der Waals surface area contributed by atoms with Crippen LogP contribution in [0.15, 0.2) is 36.8 Å².